The van der Waals surface area contributed by atoms with Gasteiger partial charge in [-0.3, -0.25) is 9.69 Å². The maximum atomic E-state index is 12.3. The Hall–Kier alpha value is -2.19. The van der Waals surface area contributed by atoms with Crippen LogP contribution in [0.5, 0.6) is 0 Å². The Balaban J connectivity index is 2.26. The number of nitrogens with zero attached hydrogens (tertiary/aromatic N) is 3. The van der Waals surface area contributed by atoms with Crippen LogP contribution in [0, 0.1) is 11.3 Å². The molecule has 1 aromatic heterocycles. The van der Waals surface area contributed by atoms with Gasteiger partial charge in [0.15, 0.2) is 0 Å². The number of carbonyl (C=O) groups is 1. The molecule has 0 aliphatic heterocycles. The summed E-state index contributed by atoms with van der Waals surface area (Å²) in [6.07, 6.45) is 1.44. The van der Waals surface area contributed by atoms with Crippen molar-refractivity contribution in [3.63, 3.8) is 0 Å². The maximum Gasteiger partial charge on any atom is 0.259 e. The van der Waals surface area contributed by atoms with Gasteiger partial charge in [-0.15, -0.1) is 0 Å². The van der Waals surface area contributed by atoms with Gasteiger partial charge in [0.25, 0.3) is 5.91 Å². The quantitative estimate of drug-likeness (QED) is 0.856. The molecular weight excluding hydrogens is 306 g/mol. The van der Waals surface area contributed by atoms with Crippen molar-refractivity contribution < 1.29 is 4.79 Å². The van der Waals surface area contributed by atoms with Crippen molar-refractivity contribution in [3.05, 3.63) is 58.2 Å². The van der Waals surface area contributed by atoms with E-state index in [4.69, 9.17) is 5.26 Å². The molecule has 0 bridgehead atoms. The van der Waals surface area contributed by atoms with Gasteiger partial charge in [-0.05, 0) is 30.3 Å². The van der Waals surface area contributed by atoms with E-state index in [1.807, 2.05) is 12.1 Å². The van der Waals surface area contributed by atoms with E-state index in [2.05, 4.69) is 20.9 Å². The molecule has 0 atom stereocenters. The van der Waals surface area contributed by atoms with Crippen molar-refractivity contribution in [1.82, 2.24) is 4.98 Å². The number of aromatic nitrogens is 1. The van der Waals surface area contributed by atoms with E-state index in [0.29, 0.717) is 16.9 Å². The molecule has 0 unspecified atom stereocenters. The number of hydrogen-bond acceptors (Lipinski definition) is 3. The lowest BCUT2D eigenvalue weighted by atomic mass is 10.2. The van der Waals surface area contributed by atoms with Crippen LogP contribution in [0.2, 0.25) is 0 Å². The van der Waals surface area contributed by atoms with Gasteiger partial charge in [0, 0.05) is 23.3 Å². The molecular formula is C14H10BrN3O. The molecule has 0 aliphatic rings. The second kappa shape index (κ2) is 5.63. The van der Waals surface area contributed by atoms with Gasteiger partial charge in [-0.1, -0.05) is 22.0 Å². The minimum Gasteiger partial charge on any atom is -0.296 e. The van der Waals surface area contributed by atoms with Crippen molar-refractivity contribution in [2.75, 3.05) is 11.9 Å². The predicted molar refractivity (Wildman–Crippen MR) is 75.8 cm³/mol. The lowest BCUT2D eigenvalue weighted by Crippen LogP contribution is -2.27. The third-order valence-electron chi connectivity index (χ3n) is 2.60. The van der Waals surface area contributed by atoms with Crippen molar-refractivity contribution >= 4 is 27.7 Å². The summed E-state index contributed by atoms with van der Waals surface area (Å²) in [7, 11) is 1.65. The molecule has 1 heterocycles. The first kappa shape index (κ1) is 13.2. The fraction of sp³-hybridized carbons (Fsp3) is 0.0714. The smallest absolute Gasteiger partial charge is 0.259 e. The summed E-state index contributed by atoms with van der Waals surface area (Å²) in [5.41, 5.74) is 1.04. The monoisotopic (exact) mass is 315 g/mol. The number of anilines is 1. The number of nitriles is 1. The summed E-state index contributed by atoms with van der Waals surface area (Å²) in [4.78, 5) is 17.8. The zero-order valence-electron chi connectivity index (χ0n) is 10.2. The molecule has 0 radical (unpaired) electrons. The normalized spacial score (nSPS) is 9.74. The number of rotatable bonds is 2. The number of halogens is 1. The van der Waals surface area contributed by atoms with Crippen molar-refractivity contribution in [1.29, 1.82) is 5.26 Å². The van der Waals surface area contributed by atoms with E-state index < -0.39 is 0 Å². The van der Waals surface area contributed by atoms with E-state index >= 15 is 0 Å². The molecule has 94 valence electrons. The van der Waals surface area contributed by atoms with Gasteiger partial charge in [0.05, 0.1) is 5.56 Å². The predicted octanol–water partition coefficient (Wildman–Crippen LogP) is 2.99. The van der Waals surface area contributed by atoms with Gasteiger partial charge < -0.3 is 0 Å². The highest BCUT2D eigenvalue weighted by atomic mass is 79.9. The molecule has 2 aromatic rings. The van der Waals surface area contributed by atoms with Crippen LogP contribution in [0.1, 0.15) is 15.9 Å². The topological polar surface area (TPSA) is 57.0 Å². The lowest BCUT2D eigenvalue weighted by molar-refractivity contribution is 0.0992. The molecule has 19 heavy (non-hydrogen) atoms. The molecule has 0 spiro atoms. The van der Waals surface area contributed by atoms with Crippen molar-refractivity contribution in [2.45, 2.75) is 0 Å². The summed E-state index contributed by atoms with van der Waals surface area (Å²) >= 11 is 3.33. The Kier molecular flexibility index (Phi) is 3.93. The molecule has 0 saturated heterocycles. The minimum absolute atomic E-state index is 0.154. The van der Waals surface area contributed by atoms with Crippen molar-refractivity contribution in [3.8, 4) is 6.07 Å². The highest BCUT2D eigenvalue weighted by Crippen LogP contribution is 2.16. The molecule has 0 fully saturated rings. The number of pyridine rings is 1. The fourth-order valence-corrected chi connectivity index (χ4v) is 1.97. The Labute approximate surface area is 119 Å². The Morgan fingerprint density at radius 2 is 2.16 bits per heavy atom. The number of hydrogen-bond donors (Lipinski definition) is 0. The van der Waals surface area contributed by atoms with E-state index in [9.17, 15) is 4.79 Å². The fourth-order valence-electron chi connectivity index (χ4n) is 1.57. The molecule has 2 rings (SSSR count). The standard InChI is InChI=1S/C14H10BrN3O/c1-18(13-6-5-10(8-16)9-17-13)14(19)11-3-2-4-12(15)7-11/h2-7,9H,1H3. The van der Waals surface area contributed by atoms with Gasteiger partial charge in [-0.25, -0.2) is 4.98 Å². The summed E-state index contributed by atoms with van der Waals surface area (Å²) in [6, 6.07) is 12.4. The first-order chi connectivity index (χ1) is 9.11. The number of carbonyl (C=O) groups excluding carboxylic acids is 1. The van der Waals surface area contributed by atoms with Crippen LogP contribution in [0.4, 0.5) is 5.82 Å². The second-order valence-electron chi connectivity index (χ2n) is 3.89. The van der Waals surface area contributed by atoms with Crippen LogP contribution in [0.3, 0.4) is 0 Å². The van der Waals surface area contributed by atoms with Crippen LogP contribution >= 0.6 is 15.9 Å². The first-order valence-corrected chi connectivity index (χ1v) is 6.31. The highest BCUT2D eigenvalue weighted by Gasteiger charge is 2.14. The van der Waals surface area contributed by atoms with Crippen LogP contribution in [-0.4, -0.2) is 17.9 Å². The van der Waals surface area contributed by atoms with Crippen LogP contribution in [0.25, 0.3) is 0 Å². The summed E-state index contributed by atoms with van der Waals surface area (Å²) in [5, 5.41) is 8.71. The van der Waals surface area contributed by atoms with Gasteiger partial charge in [-0.2, -0.15) is 5.26 Å². The number of amides is 1. The van der Waals surface area contributed by atoms with Crippen LogP contribution in [0.15, 0.2) is 47.1 Å². The Bertz CT molecular complexity index is 646. The van der Waals surface area contributed by atoms with E-state index in [1.165, 1.54) is 11.1 Å². The summed E-state index contributed by atoms with van der Waals surface area (Å²) < 4.78 is 0.847. The first-order valence-electron chi connectivity index (χ1n) is 5.51. The van der Waals surface area contributed by atoms with E-state index in [-0.39, 0.29) is 5.91 Å². The molecule has 1 amide bonds. The molecule has 0 N–H and O–H groups in total. The third kappa shape index (κ3) is 2.98. The molecule has 0 aliphatic carbocycles. The summed E-state index contributed by atoms with van der Waals surface area (Å²) in [6.45, 7) is 0. The number of benzene rings is 1. The molecule has 5 heteroatoms. The SMILES string of the molecule is CN(C(=O)c1cccc(Br)c1)c1ccc(C#N)cn1. The molecule has 1 aromatic carbocycles. The second-order valence-corrected chi connectivity index (χ2v) is 4.81. The zero-order chi connectivity index (χ0) is 13.8. The van der Waals surface area contributed by atoms with Crippen LogP contribution < -0.4 is 4.90 Å². The average Bonchev–Trinajstić information content (AvgIpc) is 2.46. The van der Waals surface area contributed by atoms with Crippen molar-refractivity contribution in [2.24, 2.45) is 0 Å². The van der Waals surface area contributed by atoms with Gasteiger partial charge >= 0.3 is 0 Å². The van der Waals surface area contributed by atoms with Gasteiger partial charge in [0.1, 0.15) is 11.9 Å². The largest absolute Gasteiger partial charge is 0.296 e. The average molecular weight is 316 g/mol. The maximum absolute atomic E-state index is 12.3. The van der Waals surface area contributed by atoms with E-state index in [0.717, 1.165) is 4.47 Å². The molecule has 0 saturated carbocycles. The van der Waals surface area contributed by atoms with E-state index in [1.54, 1.807) is 37.4 Å². The third-order valence-corrected chi connectivity index (χ3v) is 3.09. The Morgan fingerprint density at radius 3 is 2.74 bits per heavy atom. The lowest BCUT2D eigenvalue weighted by Gasteiger charge is -2.16. The Morgan fingerprint density at radius 1 is 1.37 bits per heavy atom. The highest BCUT2D eigenvalue weighted by molar-refractivity contribution is 9.10. The summed E-state index contributed by atoms with van der Waals surface area (Å²) in [5.74, 6) is 0.350. The molecule has 4 nitrogen and oxygen atoms in total. The zero-order valence-corrected chi connectivity index (χ0v) is 11.8. The van der Waals surface area contributed by atoms with Gasteiger partial charge in [0.2, 0.25) is 0 Å². The minimum atomic E-state index is -0.154. The van der Waals surface area contributed by atoms with Crippen LogP contribution in [-0.2, 0) is 0 Å².